The van der Waals surface area contributed by atoms with Crippen LogP contribution in [0.3, 0.4) is 0 Å². The molecular weight excluding hydrogens is 428 g/mol. The van der Waals surface area contributed by atoms with Crippen molar-refractivity contribution in [3.05, 3.63) is 65.1 Å². The van der Waals surface area contributed by atoms with Gasteiger partial charge in [0.1, 0.15) is 0 Å². The van der Waals surface area contributed by atoms with Crippen molar-refractivity contribution in [2.24, 2.45) is 0 Å². The fourth-order valence-electron chi connectivity index (χ4n) is 3.31. The quantitative estimate of drug-likeness (QED) is 0.307. The number of thiocarbonyl (C=S) groups is 1. The van der Waals surface area contributed by atoms with E-state index < -0.39 is 0 Å². The smallest absolute Gasteiger partial charge is 0.270 e. The summed E-state index contributed by atoms with van der Waals surface area (Å²) in [6.45, 7) is 6.26. The highest BCUT2D eigenvalue weighted by Gasteiger charge is 2.33. The summed E-state index contributed by atoms with van der Waals surface area (Å²) in [5, 5.41) is 0. The van der Waals surface area contributed by atoms with Gasteiger partial charge in [0.25, 0.3) is 5.91 Å². The Morgan fingerprint density at radius 3 is 2.52 bits per heavy atom. The maximum Gasteiger partial charge on any atom is 0.270 e. The Labute approximate surface area is 193 Å². The van der Waals surface area contributed by atoms with E-state index in [9.17, 15) is 4.79 Å². The predicted octanol–water partition coefficient (Wildman–Crippen LogP) is 5.29. The number of hydrogen-bond acceptors (Lipinski definition) is 6. The van der Waals surface area contributed by atoms with Crippen LogP contribution in [0.15, 0.2) is 54.0 Å². The van der Waals surface area contributed by atoms with Crippen LogP contribution in [-0.2, 0) is 11.2 Å². The Balaban J connectivity index is 1.96. The number of allylic oxidation sites excluding steroid dienone is 1. The molecule has 0 spiro atoms. The lowest BCUT2D eigenvalue weighted by Gasteiger charge is -2.17. The topological polar surface area (TPSA) is 42.0 Å². The third-order valence-corrected chi connectivity index (χ3v) is 6.04. The van der Waals surface area contributed by atoms with Crippen LogP contribution in [0.2, 0.25) is 0 Å². The van der Waals surface area contributed by atoms with Crippen molar-refractivity contribution in [3.8, 4) is 11.5 Å². The van der Waals surface area contributed by atoms with E-state index in [2.05, 4.69) is 6.58 Å². The molecule has 1 amide bonds. The Hall–Kier alpha value is -2.77. The van der Waals surface area contributed by atoms with E-state index in [1.165, 1.54) is 11.8 Å². The second kappa shape index (κ2) is 10.0. The second-order valence-corrected chi connectivity index (χ2v) is 8.74. The van der Waals surface area contributed by atoms with Crippen LogP contribution in [0.4, 0.5) is 11.4 Å². The van der Waals surface area contributed by atoms with Gasteiger partial charge in [0.15, 0.2) is 15.8 Å². The summed E-state index contributed by atoms with van der Waals surface area (Å²) in [4.78, 5) is 17.3. The summed E-state index contributed by atoms with van der Waals surface area (Å²) in [5.74, 6) is 1.20. The molecule has 1 aliphatic heterocycles. The molecule has 0 aliphatic carbocycles. The SMILES string of the molecule is C=CCc1cc(/C=C2/SC(=S)N(c3ccc(N(C)C)cc3)C2=O)cc(OCC)c1OC. The number of hydrogen-bond donors (Lipinski definition) is 0. The zero-order valence-corrected chi connectivity index (χ0v) is 19.8. The molecule has 3 rings (SSSR count). The van der Waals surface area contributed by atoms with Crippen LogP contribution in [0, 0.1) is 0 Å². The van der Waals surface area contributed by atoms with Crippen LogP contribution in [0.5, 0.6) is 11.5 Å². The first-order valence-corrected chi connectivity index (χ1v) is 11.1. The molecule has 5 nitrogen and oxygen atoms in total. The average molecular weight is 455 g/mol. The number of anilines is 2. The molecule has 0 unspecified atom stereocenters. The lowest BCUT2D eigenvalue weighted by molar-refractivity contribution is -0.113. The number of methoxy groups -OCH3 is 1. The number of thioether (sulfide) groups is 1. The molecule has 162 valence electrons. The molecule has 1 heterocycles. The molecule has 2 aromatic rings. The van der Waals surface area contributed by atoms with Crippen molar-refractivity contribution in [3.63, 3.8) is 0 Å². The lowest BCUT2D eigenvalue weighted by Crippen LogP contribution is -2.27. The summed E-state index contributed by atoms with van der Waals surface area (Å²) in [6.07, 6.45) is 4.29. The molecule has 0 radical (unpaired) electrons. The van der Waals surface area contributed by atoms with Crippen molar-refractivity contribution >= 4 is 51.7 Å². The Kier molecular flexibility index (Phi) is 7.41. The fourth-order valence-corrected chi connectivity index (χ4v) is 4.61. The summed E-state index contributed by atoms with van der Waals surface area (Å²) in [6, 6.07) is 11.6. The minimum Gasteiger partial charge on any atom is -0.493 e. The highest BCUT2D eigenvalue weighted by Crippen LogP contribution is 2.39. The summed E-state index contributed by atoms with van der Waals surface area (Å²) in [7, 11) is 5.57. The molecule has 7 heteroatoms. The normalized spacial score (nSPS) is 14.8. The highest BCUT2D eigenvalue weighted by molar-refractivity contribution is 8.27. The van der Waals surface area contributed by atoms with E-state index in [-0.39, 0.29) is 5.91 Å². The van der Waals surface area contributed by atoms with E-state index >= 15 is 0 Å². The molecule has 0 bridgehead atoms. The second-order valence-electron chi connectivity index (χ2n) is 7.07. The van der Waals surface area contributed by atoms with Crippen molar-refractivity contribution in [1.82, 2.24) is 0 Å². The maximum absolute atomic E-state index is 13.2. The number of carbonyl (C=O) groups is 1. The summed E-state index contributed by atoms with van der Waals surface area (Å²) in [5.41, 5.74) is 3.61. The van der Waals surface area contributed by atoms with E-state index in [0.717, 1.165) is 22.5 Å². The van der Waals surface area contributed by atoms with Gasteiger partial charge in [-0.1, -0.05) is 30.1 Å². The van der Waals surface area contributed by atoms with Gasteiger partial charge in [-0.3, -0.25) is 9.69 Å². The number of rotatable bonds is 8. The van der Waals surface area contributed by atoms with Crippen LogP contribution >= 0.6 is 24.0 Å². The number of amides is 1. The molecule has 1 saturated heterocycles. The lowest BCUT2D eigenvalue weighted by atomic mass is 10.0. The number of carbonyl (C=O) groups excluding carboxylic acids is 1. The monoisotopic (exact) mass is 454 g/mol. The third kappa shape index (κ3) is 4.94. The van der Waals surface area contributed by atoms with Gasteiger partial charge in [-0.15, -0.1) is 6.58 Å². The molecule has 1 aliphatic rings. The van der Waals surface area contributed by atoms with Gasteiger partial charge in [-0.25, -0.2) is 0 Å². The predicted molar refractivity (Wildman–Crippen MR) is 134 cm³/mol. The molecule has 1 fully saturated rings. The van der Waals surface area contributed by atoms with Crippen LogP contribution in [0.1, 0.15) is 18.1 Å². The molecule has 0 N–H and O–H groups in total. The molecular formula is C24H26N2O3S2. The standard InChI is InChI=1S/C24H26N2O3S2/c1-6-8-17-13-16(14-20(29-7-2)22(17)28-5)15-21-23(27)26(24(30)31-21)19-11-9-18(10-12-19)25(3)4/h6,9-15H,1,7-8H2,2-5H3/b21-15+. The number of nitrogens with zero attached hydrogens (tertiary/aromatic N) is 2. The summed E-state index contributed by atoms with van der Waals surface area (Å²) >= 11 is 6.81. The first-order chi connectivity index (χ1) is 14.9. The number of ether oxygens (including phenoxy) is 2. The van der Waals surface area contributed by atoms with Crippen molar-refractivity contribution < 1.29 is 14.3 Å². The minimum absolute atomic E-state index is 0.133. The van der Waals surface area contributed by atoms with Gasteiger partial charge in [-0.2, -0.15) is 0 Å². The molecule has 2 aromatic carbocycles. The maximum atomic E-state index is 13.2. The van der Waals surface area contributed by atoms with Gasteiger partial charge in [0, 0.05) is 25.3 Å². The van der Waals surface area contributed by atoms with E-state index in [4.69, 9.17) is 21.7 Å². The Morgan fingerprint density at radius 2 is 1.94 bits per heavy atom. The van der Waals surface area contributed by atoms with E-state index in [1.807, 2.05) is 74.5 Å². The van der Waals surface area contributed by atoms with Crippen LogP contribution < -0.4 is 19.3 Å². The van der Waals surface area contributed by atoms with Crippen molar-refractivity contribution in [2.45, 2.75) is 13.3 Å². The van der Waals surface area contributed by atoms with E-state index in [1.54, 1.807) is 12.0 Å². The summed E-state index contributed by atoms with van der Waals surface area (Å²) < 4.78 is 11.8. The Morgan fingerprint density at radius 1 is 1.23 bits per heavy atom. The van der Waals surface area contributed by atoms with Crippen molar-refractivity contribution in [2.75, 3.05) is 37.6 Å². The largest absolute Gasteiger partial charge is 0.493 e. The van der Waals surface area contributed by atoms with Crippen LogP contribution in [-0.4, -0.2) is 38.0 Å². The Bertz CT molecular complexity index is 1030. The zero-order chi connectivity index (χ0) is 22.5. The van der Waals surface area contributed by atoms with Gasteiger partial charge in [0.2, 0.25) is 0 Å². The first-order valence-electron chi connectivity index (χ1n) is 9.89. The fraction of sp³-hybridized carbons (Fsp3) is 0.250. The van der Waals surface area contributed by atoms with Crippen molar-refractivity contribution in [1.29, 1.82) is 0 Å². The van der Waals surface area contributed by atoms with Gasteiger partial charge in [-0.05, 0) is 61.4 Å². The van der Waals surface area contributed by atoms with Gasteiger partial charge < -0.3 is 14.4 Å². The van der Waals surface area contributed by atoms with Gasteiger partial charge >= 0.3 is 0 Å². The van der Waals surface area contributed by atoms with E-state index in [0.29, 0.717) is 33.8 Å². The minimum atomic E-state index is -0.133. The first kappa shape index (κ1) is 22.9. The number of benzene rings is 2. The molecule has 31 heavy (non-hydrogen) atoms. The average Bonchev–Trinajstić information content (AvgIpc) is 3.01. The zero-order valence-electron chi connectivity index (χ0n) is 18.2. The third-order valence-electron chi connectivity index (χ3n) is 4.74. The molecule has 0 aromatic heterocycles. The van der Waals surface area contributed by atoms with Gasteiger partial charge in [0.05, 0.1) is 24.3 Å². The molecule has 0 saturated carbocycles. The highest BCUT2D eigenvalue weighted by atomic mass is 32.2. The molecule has 0 atom stereocenters. The van der Waals surface area contributed by atoms with Crippen LogP contribution in [0.25, 0.3) is 6.08 Å².